The van der Waals surface area contributed by atoms with Crippen LogP contribution in [-0.2, 0) is 21.2 Å². The van der Waals surface area contributed by atoms with E-state index in [0.717, 1.165) is 5.56 Å². The second-order valence-corrected chi connectivity index (χ2v) is 7.61. The summed E-state index contributed by atoms with van der Waals surface area (Å²) in [5.41, 5.74) is 1.58. The fraction of sp³-hybridized carbons (Fsp3) is 0.222. The van der Waals surface area contributed by atoms with Crippen molar-refractivity contribution in [2.24, 2.45) is 4.99 Å². The number of hydrogen-bond acceptors (Lipinski definition) is 4. The van der Waals surface area contributed by atoms with Gasteiger partial charge in [-0.25, -0.2) is 8.42 Å². The molecule has 1 aliphatic heterocycles. The van der Waals surface area contributed by atoms with Crippen molar-refractivity contribution in [3.63, 3.8) is 0 Å². The molecule has 0 aliphatic carbocycles. The van der Waals surface area contributed by atoms with Crippen LogP contribution in [-0.4, -0.2) is 37.6 Å². The number of carbonyl (C=O) groups is 1. The molecule has 2 aromatic carbocycles. The van der Waals surface area contributed by atoms with Gasteiger partial charge in [0.2, 0.25) is 5.91 Å². The van der Waals surface area contributed by atoms with E-state index < -0.39 is 10.0 Å². The third-order valence-corrected chi connectivity index (χ3v) is 5.69. The summed E-state index contributed by atoms with van der Waals surface area (Å²) < 4.78 is 27.2. The van der Waals surface area contributed by atoms with Crippen LogP contribution in [0.3, 0.4) is 0 Å². The third-order valence-electron chi connectivity index (χ3n) is 3.85. The van der Waals surface area contributed by atoms with Gasteiger partial charge in [-0.3, -0.25) is 14.1 Å². The van der Waals surface area contributed by atoms with E-state index in [0.29, 0.717) is 31.0 Å². The van der Waals surface area contributed by atoms with Crippen molar-refractivity contribution in [2.75, 3.05) is 18.4 Å². The highest BCUT2D eigenvalue weighted by atomic mass is 32.2. The standard InChI is InChI=1S/C18H19N3O3S/c1-14(22)20-16-7-9-17(10-8-16)25(23,24)21-12-11-19-18(21)13-15-5-3-2-4-6-15/h2-10H,11-13H2,1H3,(H,20,22). The number of hydrogen-bond donors (Lipinski definition) is 1. The molecule has 0 saturated heterocycles. The van der Waals surface area contributed by atoms with Gasteiger partial charge in [0, 0.05) is 19.0 Å². The molecule has 1 amide bonds. The second kappa shape index (κ2) is 7.06. The minimum Gasteiger partial charge on any atom is -0.326 e. The first kappa shape index (κ1) is 17.2. The van der Waals surface area contributed by atoms with Crippen molar-refractivity contribution in [3.8, 4) is 0 Å². The number of amides is 1. The first-order valence-corrected chi connectivity index (χ1v) is 9.38. The summed E-state index contributed by atoms with van der Waals surface area (Å²) in [6.45, 7) is 2.21. The first-order valence-electron chi connectivity index (χ1n) is 7.94. The molecule has 6 nitrogen and oxygen atoms in total. The fourth-order valence-electron chi connectivity index (χ4n) is 2.70. The lowest BCUT2D eigenvalue weighted by Crippen LogP contribution is -2.35. The van der Waals surface area contributed by atoms with E-state index in [1.165, 1.54) is 23.4 Å². The zero-order valence-electron chi connectivity index (χ0n) is 13.8. The Kier molecular flexibility index (Phi) is 4.85. The molecular weight excluding hydrogens is 338 g/mol. The molecule has 25 heavy (non-hydrogen) atoms. The van der Waals surface area contributed by atoms with Crippen LogP contribution in [0.25, 0.3) is 0 Å². The lowest BCUT2D eigenvalue weighted by atomic mass is 10.1. The van der Waals surface area contributed by atoms with Crippen molar-refractivity contribution >= 4 is 27.5 Å². The monoisotopic (exact) mass is 357 g/mol. The average Bonchev–Trinajstić information content (AvgIpc) is 3.05. The minimum absolute atomic E-state index is 0.185. The molecule has 1 aliphatic rings. The van der Waals surface area contributed by atoms with Gasteiger partial charge in [0.05, 0.1) is 18.0 Å². The number of carbonyl (C=O) groups excluding carboxylic acids is 1. The molecule has 0 fully saturated rings. The molecule has 0 atom stereocenters. The van der Waals surface area contributed by atoms with Gasteiger partial charge in [0.15, 0.2) is 0 Å². The van der Waals surface area contributed by atoms with Gasteiger partial charge in [-0.2, -0.15) is 0 Å². The van der Waals surface area contributed by atoms with Crippen molar-refractivity contribution in [1.82, 2.24) is 4.31 Å². The van der Waals surface area contributed by atoms with Crippen LogP contribution in [0, 0.1) is 0 Å². The summed E-state index contributed by atoms with van der Waals surface area (Å²) in [6.07, 6.45) is 0.476. The summed E-state index contributed by atoms with van der Waals surface area (Å²) in [5, 5.41) is 2.62. The number of rotatable bonds is 5. The fourth-order valence-corrected chi connectivity index (χ4v) is 4.16. The van der Waals surface area contributed by atoms with E-state index in [1.807, 2.05) is 30.3 Å². The molecule has 3 rings (SSSR count). The lowest BCUT2D eigenvalue weighted by molar-refractivity contribution is -0.114. The van der Waals surface area contributed by atoms with Gasteiger partial charge < -0.3 is 5.32 Å². The van der Waals surface area contributed by atoms with Crippen LogP contribution in [0.5, 0.6) is 0 Å². The number of benzene rings is 2. The van der Waals surface area contributed by atoms with Gasteiger partial charge in [-0.05, 0) is 29.8 Å². The maximum atomic E-state index is 12.9. The molecule has 1 N–H and O–H groups in total. The summed E-state index contributed by atoms with van der Waals surface area (Å²) in [6, 6.07) is 15.8. The summed E-state index contributed by atoms with van der Waals surface area (Å²) in [7, 11) is -3.66. The quantitative estimate of drug-likeness (QED) is 0.892. The van der Waals surface area contributed by atoms with Crippen molar-refractivity contribution in [1.29, 1.82) is 0 Å². The SMILES string of the molecule is CC(=O)Nc1ccc(S(=O)(=O)N2CCN=C2Cc2ccccc2)cc1. The highest BCUT2D eigenvalue weighted by Gasteiger charge is 2.30. The van der Waals surface area contributed by atoms with Crippen molar-refractivity contribution in [2.45, 2.75) is 18.2 Å². The average molecular weight is 357 g/mol. The van der Waals surface area contributed by atoms with Crippen LogP contribution in [0.1, 0.15) is 12.5 Å². The molecule has 2 aromatic rings. The van der Waals surface area contributed by atoms with Crippen LogP contribution >= 0.6 is 0 Å². The Morgan fingerprint density at radius 2 is 1.80 bits per heavy atom. The van der Waals surface area contributed by atoms with Crippen LogP contribution in [0.15, 0.2) is 64.5 Å². The summed E-state index contributed by atoms with van der Waals surface area (Å²) in [4.78, 5) is 15.6. The smallest absolute Gasteiger partial charge is 0.265 e. The molecule has 0 aromatic heterocycles. The predicted molar refractivity (Wildman–Crippen MR) is 97.1 cm³/mol. The van der Waals surface area contributed by atoms with E-state index in [-0.39, 0.29) is 10.8 Å². The van der Waals surface area contributed by atoms with Crippen LogP contribution < -0.4 is 5.32 Å². The minimum atomic E-state index is -3.66. The van der Waals surface area contributed by atoms with Gasteiger partial charge in [0.25, 0.3) is 10.0 Å². The zero-order valence-corrected chi connectivity index (χ0v) is 14.7. The molecule has 0 radical (unpaired) electrons. The van der Waals surface area contributed by atoms with E-state index >= 15 is 0 Å². The van der Waals surface area contributed by atoms with Crippen LogP contribution in [0.2, 0.25) is 0 Å². The molecule has 0 bridgehead atoms. The van der Waals surface area contributed by atoms with Crippen LogP contribution in [0.4, 0.5) is 5.69 Å². The molecule has 7 heteroatoms. The molecule has 130 valence electrons. The maximum absolute atomic E-state index is 12.9. The normalized spacial score (nSPS) is 14.3. The Labute approximate surface area is 147 Å². The van der Waals surface area contributed by atoms with E-state index in [2.05, 4.69) is 10.3 Å². The highest BCUT2D eigenvalue weighted by molar-refractivity contribution is 7.89. The largest absolute Gasteiger partial charge is 0.326 e. The molecule has 1 heterocycles. The van der Waals surface area contributed by atoms with E-state index in [9.17, 15) is 13.2 Å². The van der Waals surface area contributed by atoms with Gasteiger partial charge in [0.1, 0.15) is 5.84 Å². The van der Waals surface area contributed by atoms with E-state index in [1.54, 1.807) is 12.1 Å². The first-order chi connectivity index (χ1) is 12.0. The second-order valence-electron chi connectivity index (χ2n) is 5.74. The number of nitrogens with one attached hydrogen (secondary N) is 1. The number of amidine groups is 1. The Balaban J connectivity index is 1.81. The van der Waals surface area contributed by atoms with Gasteiger partial charge in [-0.1, -0.05) is 30.3 Å². The Morgan fingerprint density at radius 1 is 1.12 bits per heavy atom. The summed E-state index contributed by atoms with van der Waals surface area (Å²) in [5.74, 6) is 0.351. The number of aliphatic imine (C=N–C) groups is 1. The van der Waals surface area contributed by atoms with Crippen molar-refractivity contribution < 1.29 is 13.2 Å². The molecule has 0 saturated carbocycles. The molecule has 0 unspecified atom stereocenters. The lowest BCUT2D eigenvalue weighted by Gasteiger charge is -2.20. The number of anilines is 1. The number of sulfonamides is 1. The van der Waals surface area contributed by atoms with Crippen molar-refractivity contribution in [3.05, 3.63) is 60.2 Å². The predicted octanol–water partition coefficient (Wildman–Crippen LogP) is 2.29. The summed E-state index contributed by atoms with van der Waals surface area (Å²) >= 11 is 0. The highest BCUT2D eigenvalue weighted by Crippen LogP contribution is 2.22. The zero-order chi connectivity index (χ0) is 17.9. The third kappa shape index (κ3) is 3.88. The Bertz CT molecular complexity index is 891. The maximum Gasteiger partial charge on any atom is 0.265 e. The molecular formula is C18H19N3O3S. The Morgan fingerprint density at radius 3 is 2.44 bits per heavy atom. The van der Waals surface area contributed by atoms with Gasteiger partial charge >= 0.3 is 0 Å². The molecule has 0 spiro atoms. The van der Waals surface area contributed by atoms with E-state index in [4.69, 9.17) is 0 Å². The van der Waals surface area contributed by atoms with Gasteiger partial charge in [-0.15, -0.1) is 0 Å². The Hall–Kier alpha value is -2.67. The number of nitrogens with zero attached hydrogens (tertiary/aromatic N) is 2. The topological polar surface area (TPSA) is 78.8 Å².